The molecule has 0 aromatic heterocycles. The zero-order chi connectivity index (χ0) is 14.5. The van der Waals surface area contributed by atoms with E-state index < -0.39 is 0 Å². The maximum Gasteiger partial charge on any atom is 0.0262 e. The average Bonchev–Trinajstić information content (AvgIpc) is 2.78. The predicted molar refractivity (Wildman–Crippen MR) is 88.7 cm³/mol. The van der Waals surface area contributed by atoms with Crippen LogP contribution in [0, 0.1) is 5.92 Å². The lowest BCUT2D eigenvalue weighted by Gasteiger charge is -2.45. The van der Waals surface area contributed by atoms with Crippen molar-refractivity contribution in [3.05, 3.63) is 0 Å². The smallest absolute Gasteiger partial charge is 0.0262 e. The molecule has 2 unspecified atom stereocenters. The van der Waals surface area contributed by atoms with Crippen LogP contribution in [0.25, 0.3) is 0 Å². The van der Waals surface area contributed by atoms with Crippen LogP contribution in [0.3, 0.4) is 0 Å². The number of hydrogen-bond donors (Lipinski definition) is 1. The Balaban J connectivity index is 1.55. The van der Waals surface area contributed by atoms with E-state index in [1.807, 2.05) is 0 Å². The molecule has 3 saturated heterocycles. The molecule has 4 heteroatoms. The summed E-state index contributed by atoms with van der Waals surface area (Å²) < 4.78 is 0. The van der Waals surface area contributed by atoms with Crippen LogP contribution in [0.15, 0.2) is 0 Å². The van der Waals surface area contributed by atoms with Gasteiger partial charge in [0.2, 0.25) is 0 Å². The minimum Gasteiger partial charge on any atom is -0.315 e. The summed E-state index contributed by atoms with van der Waals surface area (Å²) in [5, 5.41) is 3.65. The standard InChI is InChI=1S/C17H34N4/c1-19-10-12-21(13-11-19)17-14-18-7-6-16(17)15-20-8-4-2-3-5-9-20/h16-18H,2-15H2,1H3. The fourth-order valence-corrected chi connectivity index (χ4v) is 4.34. The summed E-state index contributed by atoms with van der Waals surface area (Å²) in [5.41, 5.74) is 0. The van der Waals surface area contributed by atoms with Crippen LogP contribution >= 0.6 is 0 Å². The van der Waals surface area contributed by atoms with Gasteiger partial charge in [0.05, 0.1) is 0 Å². The van der Waals surface area contributed by atoms with Gasteiger partial charge in [-0.25, -0.2) is 0 Å². The second-order valence-electron chi connectivity index (χ2n) is 7.37. The molecule has 0 spiro atoms. The van der Waals surface area contributed by atoms with Gasteiger partial charge >= 0.3 is 0 Å². The third kappa shape index (κ3) is 4.41. The molecule has 0 bridgehead atoms. The number of nitrogens with one attached hydrogen (secondary N) is 1. The molecule has 3 rings (SSSR count). The van der Waals surface area contributed by atoms with E-state index in [9.17, 15) is 0 Å². The highest BCUT2D eigenvalue weighted by atomic mass is 15.3. The van der Waals surface area contributed by atoms with Crippen LogP contribution in [0.2, 0.25) is 0 Å². The van der Waals surface area contributed by atoms with Gasteiger partial charge in [0.15, 0.2) is 0 Å². The van der Waals surface area contributed by atoms with Gasteiger partial charge in [0.25, 0.3) is 0 Å². The number of piperidine rings is 1. The number of piperazine rings is 1. The van der Waals surface area contributed by atoms with Crippen molar-refractivity contribution in [3.63, 3.8) is 0 Å². The Bertz CT molecular complexity index is 293. The molecule has 0 amide bonds. The molecule has 3 fully saturated rings. The van der Waals surface area contributed by atoms with Crippen molar-refractivity contribution in [1.29, 1.82) is 0 Å². The lowest BCUT2D eigenvalue weighted by atomic mass is 9.90. The van der Waals surface area contributed by atoms with E-state index in [4.69, 9.17) is 0 Å². The van der Waals surface area contributed by atoms with Crippen LogP contribution in [0.1, 0.15) is 32.1 Å². The van der Waals surface area contributed by atoms with Crippen LogP contribution < -0.4 is 5.32 Å². The zero-order valence-electron chi connectivity index (χ0n) is 13.9. The minimum absolute atomic E-state index is 0.774. The molecule has 3 heterocycles. The van der Waals surface area contributed by atoms with Crippen LogP contribution in [0.5, 0.6) is 0 Å². The molecule has 0 aliphatic carbocycles. The molecule has 122 valence electrons. The van der Waals surface area contributed by atoms with Gasteiger partial charge in [0.1, 0.15) is 0 Å². The summed E-state index contributed by atoms with van der Waals surface area (Å²) in [6.07, 6.45) is 7.11. The van der Waals surface area contributed by atoms with Gasteiger partial charge in [-0.2, -0.15) is 0 Å². The summed E-state index contributed by atoms with van der Waals surface area (Å²) in [5.74, 6) is 0.882. The highest BCUT2D eigenvalue weighted by Crippen LogP contribution is 2.22. The van der Waals surface area contributed by atoms with Crippen molar-refractivity contribution in [1.82, 2.24) is 20.0 Å². The lowest BCUT2D eigenvalue weighted by Crippen LogP contribution is -2.58. The van der Waals surface area contributed by atoms with Crippen molar-refractivity contribution in [2.75, 3.05) is 66.0 Å². The number of hydrogen-bond acceptors (Lipinski definition) is 4. The van der Waals surface area contributed by atoms with Gasteiger partial charge in [-0.15, -0.1) is 0 Å². The molecule has 3 aliphatic heterocycles. The molecule has 2 atom stereocenters. The van der Waals surface area contributed by atoms with Crippen molar-refractivity contribution in [2.24, 2.45) is 5.92 Å². The summed E-state index contributed by atoms with van der Waals surface area (Å²) in [4.78, 5) is 8.01. The highest BCUT2D eigenvalue weighted by Gasteiger charge is 2.32. The fourth-order valence-electron chi connectivity index (χ4n) is 4.34. The number of likely N-dealkylation sites (tertiary alicyclic amines) is 1. The topological polar surface area (TPSA) is 21.8 Å². The minimum atomic E-state index is 0.774. The Morgan fingerprint density at radius 3 is 2.33 bits per heavy atom. The first kappa shape index (κ1) is 15.7. The first-order valence-corrected chi connectivity index (χ1v) is 9.18. The Morgan fingerprint density at radius 1 is 0.905 bits per heavy atom. The SMILES string of the molecule is CN1CCN(C2CNCCC2CN2CCCCCC2)CC1. The molecule has 21 heavy (non-hydrogen) atoms. The second-order valence-corrected chi connectivity index (χ2v) is 7.37. The van der Waals surface area contributed by atoms with E-state index in [1.165, 1.54) is 91.0 Å². The first-order valence-electron chi connectivity index (χ1n) is 9.18. The van der Waals surface area contributed by atoms with E-state index >= 15 is 0 Å². The van der Waals surface area contributed by atoms with E-state index in [2.05, 4.69) is 27.1 Å². The van der Waals surface area contributed by atoms with Crippen molar-refractivity contribution in [2.45, 2.75) is 38.1 Å². The molecule has 1 N–H and O–H groups in total. The van der Waals surface area contributed by atoms with E-state index in [-0.39, 0.29) is 0 Å². The van der Waals surface area contributed by atoms with E-state index in [0.717, 1.165) is 12.0 Å². The first-order chi connectivity index (χ1) is 10.3. The lowest BCUT2D eigenvalue weighted by molar-refractivity contribution is 0.0508. The van der Waals surface area contributed by atoms with E-state index in [1.54, 1.807) is 0 Å². The zero-order valence-corrected chi connectivity index (χ0v) is 13.9. The molecule has 0 aromatic carbocycles. The summed E-state index contributed by atoms with van der Waals surface area (Å²) in [6.45, 7) is 11.5. The van der Waals surface area contributed by atoms with E-state index in [0.29, 0.717) is 0 Å². The van der Waals surface area contributed by atoms with Crippen LogP contribution in [0.4, 0.5) is 0 Å². The molecular weight excluding hydrogens is 260 g/mol. The summed E-state index contributed by atoms with van der Waals surface area (Å²) in [6, 6.07) is 0.774. The average molecular weight is 294 g/mol. The van der Waals surface area contributed by atoms with Crippen molar-refractivity contribution < 1.29 is 0 Å². The molecule has 0 radical (unpaired) electrons. The summed E-state index contributed by atoms with van der Waals surface area (Å²) >= 11 is 0. The molecule has 0 aromatic rings. The Labute approximate surface area is 130 Å². The second kappa shape index (κ2) is 7.91. The summed E-state index contributed by atoms with van der Waals surface area (Å²) in [7, 11) is 2.26. The third-order valence-corrected chi connectivity index (χ3v) is 5.79. The number of rotatable bonds is 3. The van der Waals surface area contributed by atoms with Gasteiger partial charge in [0, 0.05) is 45.3 Å². The van der Waals surface area contributed by atoms with Gasteiger partial charge in [-0.05, 0) is 51.9 Å². The van der Waals surface area contributed by atoms with Crippen molar-refractivity contribution in [3.8, 4) is 0 Å². The highest BCUT2D eigenvalue weighted by molar-refractivity contribution is 4.89. The predicted octanol–water partition coefficient (Wildman–Crippen LogP) is 1.09. The normalized spacial score (nSPS) is 34.7. The quantitative estimate of drug-likeness (QED) is 0.841. The van der Waals surface area contributed by atoms with Gasteiger partial charge in [-0.3, -0.25) is 4.90 Å². The molecule has 0 saturated carbocycles. The van der Waals surface area contributed by atoms with Gasteiger partial charge < -0.3 is 15.1 Å². The van der Waals surface area contributed by atoms with Crippen molar-refractivity contribution >= 4 is 0 Å². The Morgan fingerprint density at radius 2 is 1.62 bits per heavy atom. The molecule has 4 nitrogen and oxygen atoms in total. The number of likely N-dealkylation sites (N-methyl/N-ethyl adjacent to an activating group) is 1. The monoisotopic (exact) mass is 294 g/mol. The fraction of sp³-hybridized carbons (Fsp3) is 1.00. The molecule has 3 aliphatic rings. The Hall–Kier alpha value is -0.160. The van der Waals surface area contributed by atoms with Gasteiger partial charge in [-0.1, -0.05) is 12.8 Å². The largest absolute Gasteiger partial charge is 0.315 e. The third-order valence-electron chi connectivity index (χ3n) is 5.79. The Kier molecular flexibility index (Phi) is 5.92. The van der Waals surface area contributed by atoms with Crippen LogP contribution in [-0.4, -0.2) is 86.7 Å². The molecular formula is C17H34N4. The van der Waals surface area contributed by atoms with Crippen LogP contribution in [-0.2, 0) is 0 Å². The maximum atomic E-state index is 3.65. The maximum absolute atomic E-state index is 3.65. The number of nitrogens with zero attached hydrogens (tertiary/aromatic N) is 3.